The molecule has 3 rings (SSSR count). The third kappa shape index (κ3) is 1.44. The van der Waals surface area contributed by atoms with Crippen LogP contribution in [0.3, 0.4) is 0 Å². The third-order valence-corrected chi connectivity index (χ3v) is 3.84. The number of amides is 3. The standard InChI is InChI=1S/C12H11N3O4/c1-15-11(19)14-10(18)12(15)3-6-2-7(9(16)17)5-13-8(6)4-12/h2,5H,3-4H2,1H3,(H,16,17)(H,14,18,19)/t12-/m1/s1. The average Bonchev–Trinajstić information content (AvgIpc) is 2.84. The van der Waals surface area contributed by atoms with Gasteiger partial charge < -0.3 is 10.0 Å². The van der Waals surface area contributed by atoms with Crippen LogP contribution in [0.5, 0.6) is 0 Å². The maximum absolute atomic E-state index is 12.0. The maximum Gasteiger partial charge on any atom is 0.337 e. The summed E-state index contributed by atoms with van der Waals surface area (Å²) >= 11 is 0. The van der Waals surface area contributed by atoms with E-state index in [9.17, 15) is 14.4 Å². The lowest BCUT2D eigenvalue weighted by molar-refractivity contribution is -0.125. The Morgan fingerprint density at radius 3 is 2.79 bits per heavy atom. The Morgan fingerprint density at radius 2 is 2.21 bits per heavy atom. The number of carboxylic acids is 1. The number of nitrogens with zero attached hydrogens (tertiary/aromatic N) is 2. The van der Waals surface area contributed by atoms with Crippen LogP contribution in [0.2, 0.25) is 0 Å². The predicted molar refractivity (Wildman–Crippen MR) is 62.6 cm³/mol. The minimum atomic E-state index is -1.06. The van der Waals surface area contributed by atoms with Crippen molar-refractivity contribution in [2.24, 2.45) is 0 Å². The zero-order chi connectivity index (χ0) is 13.8. The van der Waals surface area contributed by atoms with Gasteiger partial charge in [0.2, 0.25) is 0 Å². The van der Waals surface area contributed by atoms with Crippen LogP contribution < -0.4 is 5.32 Å². The summed E-state index contributed by atoms with van der Waals surface area (Å²) in [7, 11) is 1.56. The Labute approximate surface area is 108 Å². The molecule has 2 aliphatic rings. The van der Waals surface area contributed by atoms with Crippen molar-refractivity contribution < 1.29 is 19.5 Å². The molecular weight excluding hydrogens is 250 g/mol. The molecule has 1 aliphatic heterocycles. The van der Waals surface area contributed by atoms with E-state index in [1.165, 1.54) is 17.2 Å². The van der Waals surface area contributed by atoms with Crippen LogP contribution in [0.25, 0.3) is 0 Å². The normalized spacial score (nSPS) is 24.8. The van der Waals surface area contributed by atoms with E-state index in [2.05, 4.69) is 10.3 Å². The molecule has 1 fully saturated rings. The number of nitrogens with one attached hydrogen (secondary N) is 1. The Morgan fingerprint density at radius 1 is 1.47 bits per heavy atom. The molecule has 0 radical (unpaired) electrons. The maximum atomic E-state index is 12.0. The number of carbonyl (C=O) groups is 3. The van der Waals surface area contributed by atoms with Crippen LogP contribution in [-0.2, 0) is 17.6 Å². The van der Waals surface area contributed by atoms with Crippen molar-refractivity contribution in [2.45, 2.75) is 18.4 Å². The summed E-state index contributed by atoms with van der Waals surface area (Å²) in [6, 6.07) is 1.08. The van der Waals surface area contributed by atoms with E-state index < -0.39 is 17.5 Å². The van der Waals surface area contributed by atoms with Gasteiger partial charge in [-0.2, -0.15) is 0 Å². The lowest BCUT2D eigenvalue weighted by atomic mass is 9.95. The van der Waals surface area contributed by atoms with Gasteiger partial charge in [-0.3, -0.25) is 15.1 Å². The number of urea groups is 1. The third-order valence-electron chi connectivity index (χ3n) is 3.84. The van der Waals surface area contributed by atoms with E-state index >= 15 is 0 Å². The van der Waals surface area contributed by atoms with Crippen LogP contribution in [0, 0.1) is 0 Å². The number of aromatic nitrogens is 1. The summed E-state index contributed by atoms with van der Waals surface area (Å²) in [4.78, 5) is 39.9. The number of imide groups is 1. The van der Waals surface area contributed by atoms with E-state index in [1.807, 2.05) is 0 Å². The van der Waals surface area contributed by atoms with Gasteiger partial charge in [0.25, 0.3) is 5.91 Å². The van der Waals surface area contributed by atoms with Crippen molar-refractivity contribution >= 4 is 17.9 Å². The van der Waals surface area contributed by atoms with Crippen LogP contribution in [-0.4, -0.2) is 45.5 Å². The molecule has 3 amide bonds. The monoisotopic (exact) mass is 261 g/mol. The topological polar surface area (TPSA) is 99.6 Å². The van der Waals surface area contributed by atoms with Gasteiger partial charge in [0.15, 0.2) is 0 Å². The first kappa shape index (κ1) is 11.6. The molecule has 7 nitrogen and oxygen atoms in total. The molecule has 1 aromatic heterocycles. The summed E-state index contributed by atoms with van der Waals surface area (Å²) in [5.41, 5.74) is 0.505. The van der Waals surface area contributed by atoms with Gasteiger partial charge in [-0.1, -0.05) is 0 Å². The van der Waals surface area contributed by atoms with E-state index in [-0.39, 0.29) is 11.5 Å². The van der Waals surface area contributed by atoms with Crippen LogP contribution >= 0.6 is 0 Å². The number of pyridine rings is 1. The first-order chi connectivity index (χ1) is 8.94. The quantitative estimate of drug-likeness (QED) is 0.682. The molecule has 19 heavy (non-hydrogen) atoms. The van der Waals surface area contributed by atoms with Gasteiger partial charge in [-0.15, -0.1) is 0 Å². The number of likely N-dealkylation sites (N-methyl/N-ethyl adjacent to an activating group) is 1. The highest BCUT2D eigenvalue weighted by Crippen LogP contribution is 2.36. The molecule has 0 aromatic carbocycles. The number of fused-ring (bicyclic) bond motifs is 1. The summed E-state index contributed by atoms with van der Waals surface area (Å²) in [5, 5.41) is 11.2. The van der Waals surface area contributed by atoms with E-state index in [0.717, 1.165) is 0 Å². The molecule has 7 heteroatoms. The summed E-state index contributed by atoms with van der Waals surface area (Å²) in [6.45, 7) is 0. The molecule has 1 saturated heterocycles. The Bertz CT molecular complexity index is 627. The van der Waals surface area contributed by atoms with Crippen molar-refractivity contribution in [1.29, 1.82) is 0 Å². The van der Waals surface area contributed by atoms with Gasteiger partial charge in [-0.25, -0.2) is 9.59 Å². The van der Waals surface area contributed by atoms with E-state index in [4.69, 9.17) is 5.11 Å². The molecule has 0 unspecified atom stereocenters. The highest BCUT2D eigenvalue weighted by Gasteiger charge is 2.54. The smallest absolute Gasteiger partial charge is 0.337 e. The minimum absolute atomic E-state index is 0.0863. The number of hydrogen-bond acceptors (Lipinski definition) is 4. The fourth-order valence-corrected chi connectivity index (χ4v) is 2.66. The second-order valence-electron chi connectivity index (χ2n) is 4.84. The molecular formula is C12H11N3O4. The molecule has 98 valence electrons. The fourth-order valence-electron chi connectivity index (χ4n) is 2.66. The average molecular weight is 261 g/mol. The van der Waals surface area contributed by atoms with Crippen LogP contribution in [0.15, 0.2) is 12.3 Å². The molecule has 0 saturated carbocycles. The van der Waals surface area contributed by atoms with Crippen molar-refractivity contribution in [2.75, 3.05) is 7.05 Å². The van der Waals surface area contributed by atoms with Crippen LogP contribution in [0.1, 0.15) is 21.6 Å². The van der Waals surface area contributed by atoms with Crippen molar-refractivity contribution in [1.82, 2.24) is 15.2 Å². The van der Waals surface area contributed by atoms with Gasteiger partial charge in [0, 0.05) is 31.8 Å². The number of aromatic carboxylic acids is 1. The van der Waals surface area contributed by atoms with Gasteiger partial charge in [0.05, 0.1) is 5.56 Å². The summed E-state index contributed by atoms with van der Waals surface area (Å²) in [6.07, 6.45) is 1.88. The van der Waals surface area contributed by atoms with Gasteiger partial charge in [-0.05, 0) is 11.6 Å². The van der Waals surface area contributed by atoms with Crippen molar-refractivity contribution in [3.8, 4) is 0 Å². The van der Waals surface area contributed by atoms with E-state index in [1.54, 1.807) is 7.05 Å². The van der Waals surface area contributed by atoms with E-state index in [0.29, 0.717) is 24.1 Å². The molecule has 1 aromatic rings. The molecule has 2 N–H and O–H groups in total. The zero-order valence-electron chi connectivity index (χ0n) is 10.1. The number of carbonyl (C=O) groups excluding carboxylic acids is 2. The predicted octanol–water partition coefficient (Wildman–Crippen LogP) is -0.201. The largest absolute Gasteiger partial charge is 0.478 e. The Hall–Kier alpha value is -2.44. The highest BCUT2D eigenvalue weighted by molar-refractivity contribution is 6.07. The second kappa shape index (κ2) is 3.53. The minimum Gasteiger partial charge on any atom is -0.478 e. The Balaban J connectivity index is 2.02. The molecule has 1 aliphatic carbocycles. The fraction of sp³-hybridized carbons (Fsp3) is 0.333. The number of rotatable bonds is 1. The number of hydrogen-bond donors (Lipinski definition) is 2. The molecule has 1 spiro atoms. The lowest BCUT2D eigenvalue weighted by Gasteiger charge is -2.27. The first-order valence-corrected chi connectivity index (χ1v) is 5.74. The molecule has 1 atom stereocenters. The summed E-state index contributed by atoms with van der Waals surface area (Å²) in [5.74, 6) is -1.41. The Kier molecular flexibility index (Phi) is 2.16. The SMILES string of the molecule is CN1C(=O)NC(=O)[C@]12Cc1cc(C(=O)O)cnc1C2. The van der Waals surface area contributed by atoms with Crippen LogP contribution in [0.4, 0.5) is 4.79 Å². The zero-order valence-corrected chi connectivity index (χ0v) is 10.1. The first-order valence-electron chi connectivity index (χ1n) is 5.74. The van der Waals surface area contributed by atoms with Gasteiger partial charge in [0.1, 0.15) is 5.54 Å². The molecule has 0 bridgehead atoms. The highest BCUT2D eigenvalue weighted by atomic mass is 16.4. The van der Waals surface area contributed by atoms with Gasteiger partial charge >= 0.3 is 12.0 Å². The summed E-state index contributed by atoms with van der Waals surface area (Å²) < 4.78 is 0. The molecule has 2 heterocycles. The second-order valence-corrected chi connectivity index (χ2v) is 4.84. The lowest BCUT2D eigenvalue weighted by Crippen LogP contribution is -2.48. The van der Waals surface area contributed by atoms with Crippen molar-refractivity contribution in [3.63, 3.8) is 0 Å². The van der Waals surface area contributed by atoms with Crippen molar-refractivity contribution in [3.05, 3.63) is 29.1 Å². The number of carboxylic acid groups (broad SMARTS) is 1.